The third-order valence-corrected chi connectivity index (χ3v) is 6.05. The van der Waals surface area contributed by atoms with E-state index in [-0.39, 0.29) is 5.97 Å². The van der Waals surface area contributed by atoms with E-state index in [1.54, 1.807) is 18.5 Å². The Morgan fingerprint density at radius 3 is 2.53 bits per heavy atom. The lowest BCUT2D eigenvalue weighted by molar-refractivity contribution is 0.0600. The fourth-order valence-corrected chi connectivity index (χ4v) is 4.06. The van der Waals surface area contributed by atoms with E-state index in [2.05, 4.69) is 37.4 Å². The molecule has 0 saturated heterocycles. The first-order valence-electron chi connectivity index (χ1n) is 11.7. The molecule has 36 heavy (non-hydrogen) atoms. The third kappa shape index (κ3) is 5.07. The highest BCUT2D eigenvalue weighted by Crippen LogP contribution is 2.20. The molecule has 0 spiro atoms. The van der Waals surface area contributed by atoms with Gasteiger partial charge in [-0.05, 0) is 42.5 Å². The fourth-order valence-electron chi connectivity index (χ4n) is 4.06. The molecular weight excluding hydrogens is 456 g/mol. The summed E-state index contributed by atoms with van der Waals surface area (Å²) >= 11 is 0. The molecule has 0 unspecified atom stereocenters. The number of anilines is 1. The van der Waals surface area contributed by atoms with Crippen molar-refractivity contribution in [3.63, 3.8) is 0 Å². The highest BCUT2D eigenvalue weighted by atomic mass is 16.5. The molecule has 5 aromatic rings. The zero-order chi connectivity index (χ0) is 24.9. The molecule has 0 atom stereocenters. The molecule has 0 aliphatic rings. The van der Waals surface area contributed by atoms with Crippen molar-refractivity contribution in [2.75, 3.05) is 12.8 Å². The number of aryl methyl sites for hydroxylation is 2. The average molecular weight is 483 g/mol. The molecule has 5 rings (SSSR count). The Labute approximate surface area is 207 Å². The van der Waals surface area contributed by atoms with Crippen LogP contribution in [0.2, 0.25) is 0 Å². The van der Waals surface area contributed by atoms with E-state index in [0.717, 1.165) is 42.6 Å². The number of methoxy groups -OCH3 is 1. The number of fused-ring (bicyclic) bond motifs is 1. The predicted molar refractivity (Wildman–Crippen MR) is 135 cm³/mol. The van der Waals surface area contributed by atoms with Gasteiger partial charge in [0.2, 0.25) is 0 Å². The summed E-state index contributed by atoms with van der Waals surface area (Å²) < 4.78 is 8.57. The topological polar surface area (TPSA) is 127 Å². The number of hydrogen-bond acceptors (Lipinski definition) is 8. The first-order valence-corrected chi connectivity index (χ1v) is 11.7. The molecule has 2 aromatic carbocycles. The van der Waals surface area contributed by atoms with Gasteiger partial charge in [-0.2, -0.15) is 0 Å². The number of carbonyl (C=O) groups is 1. The van der Waals surface area contributed by atoms with Gasteiger partial charge in [0.25, 0.3) is 0 Å². The van der Waals surface area contributed by atoms with Crippen LogP contribution in [0.25, 0.3) is 22.4 Å². The Morgan fingerprint density at radius 2 is 1.75 bits per heavy atom. The zero-order valence-corrected chi connectivity index (χ0v) is 19.9. The van der Waals surface area contributed by atoms with Gasteiger partial charge in [0.1, 0.15) is 17.5 Å². The lowest BCUT2D eigenvalue weighted by atomic mass is 10.1. The van der Waals surface area contributed by atoms with E-state index in [9.17, 15) is 4.79 Å². The Hall–Kier alpha value is -4.60. The van der Waals surface area contributed by atoms with Crippen LogP contribution >= 0.6 is 0 Å². The normalized spacial score (nSPS) is 11.1. The van der Waals surface area contributed by atoms with E-state index >= 15 is 0 Å². The minimum Gasteiger partial charge on any atom is -0.465 e. The molecule has 182 valence electrons. The number of ether oxygens (including phenoxy) is 1. The van der Waals surface area contributed by atoms with Crippen molar-refractivity contribution in [1.82, 2.24) is 34.5 Å². The van der Waals surface area contributed by atoms with E-state index in [4.69, 9.17) is 10.5 Å². The molecule has 10 heteroatoms. The van der Waals surface area contributed by atoms with Gasteiger partial charge in [0.15, 0.2) is 11.5 Å². The zero-order valence-electron chi connectivity index (χ0n) is 19.9. The van der Waals surface area contributed by atoms with Gasteiger partial charge in [-0.1, -0.05) is 41.6 Å². The number of nitrogen functional groups attached to an aromatic ring is 1. The van der Waals surface area contributed by atoms with Crippen LogP contribution in [0.3, 0.4) is 0 Å². The van der Waals surface area contributed by atoms with Crippen molar-refractivity contribution in [3.05, 3.63) is 84.1 Å². The standard InChI is InChI=1S/C26H26N8O2/c1-36-26(35)21-11-5-18(6-12-21)4-2-3-13-34-15-22(31-32-34)20-9-7-19(8-10-20)14-33-17-30-23-24(27)28-16-29-25(23)33/h5-12,15-17H,2-4,13-14H2,1H3,(H2,27,28,29). The van der Waals surface area contributed by atoms with Gasteiger partial charge in [0, 0.05) is 12.1 Å². The van der Waals surface area contributed by atoms with Crippen molar-refractivity contribution in [2.24, 2.45) is 0 Å². The fraction of sp³-hybridized carbons (Fsp3) is 0.231. The smallest absolute Gasteiger partial charge is 0.337 e. The second-order valence-corrected chi connectivity index (χ2v) is 8.51. The number of nitrogens with two attached hydrogens (primary N) is 1. The van der Waals surface area contributed by atoms with Crippen molar-refractivity contribution >= 4 is 23.0 Å². The summed E-state index contributed by atoms with van der Waals surface area (Å²) in [6, 6.07) is 15.8. The Bertz CT molecular complexity index is 1470. The number of benzene rings is 2. The van der Waals surface area contributed by atoms with Crippen LogP contribution in [0.4, 0.5) is 5.82 Å². The summed E-state index contributed by atoms with van der Waals surface area (Å²) in [5, 5.41) is 8.62. The SMILES string of the molecule is COC(=O)c1ccc(CCCCn2cc(-c3ccc(Cn4cnc5c(N)ncnc54)cc3)nn2)cc1. The summed E-state index contributed by atoms with van der Waals surface area (Å²) in [6.45, 7) is 1.43. The van der Waals surface area contributed by atoms with Gasteiger partial charge >= 0.3 is 5.97 Å². The van der Waals surface area contributed by atoms with Crippen molar-refractivity contribution in [2.45, 2.75) is 32.4 Å². The highest BCUT2D eigenvalue weighted by Gasteiger charge is 2.09. The van der Waals surface area contributed by atoms with E-state index in [1.807, 2.05) is 39.7 Å². The number of unbranched alkanes of at least 4 members (excludes halogenated alkanes) is 1. The van der Waals surface area contributed by atoms with Gasteiger partial charge in [0.05, 0.1) is 31.7 Å². The number of hydrogen-bond donors (Lipinski definition) is 1. The van der Waals surface area contributed by atoms with Crippen LogP contribution in [-0.4, -0.2) is 47.6 Å². The predicted octanol–water partition coefficient (Wildman–Crippen LogP) is 3.52. The lowest BCUT2D eigenvalue weighted by Crippen LogP contribution is -2.01. The average Bonchev–Trinajstić information content (AvgIpc) is 3.55. The lowest BCUT2D eigenvalue weighted by Gasteiger charge is -2.05. The Balaban J connectivity index is 1.13. The van der Waals surface area contributed by atoms with E-state index in [0.29, 0.717) is 29.1 Å². The monoisotopic (exact) mass is 482 g/mol. The number of imidazole rings is 1. The first kappa shape index (κ1) is 23.2. The molecule has 0 radical (unpaired) electrons. The maximum atomic E-state index is 11.5. The van der Waals surface area contributed by atoms with E-state index in [1.165, 1.54) is 19.0 Å². The maximum Gasteiger partial charge on any atom is 0.337 e. The minimum atomic E-state index is -0.314. The molecule has 0 saturated carbocycles. The molecule has 0 aliphatic carbocycles. The number of carbonyl (C=O) groups excluding carboxylic acids is 1. The highest BCUT2D eigenvalue weighted by molar-refractivity contribution is 5.89. The second-order valence-electron chi connectivity index (χ2n) is 8.51. The molecule has 3 heterocycles. The van der Waals surface area contributed by atoms with Crippen molar-refractivity contribution in [1.29, 1.82) is 0 Å². The molecule has 0 fully saturated rings. The van der Waals surface area contributed by atoms with Crippen LogP contribution in [0.1, 0.15) is 34.3 Å². The largest absolute Gasteiger partial charge is 0.465 e. The van der Waals surface area contributed by atoms with Crippen LogP contribution in [-0.2, 0) is 24.2 Å². The van der Waals surface area contributed by atoms with Crippen LogP contribution in [0, 0.1) is 0 Å². The third-order valence-electron chi connectivity index (χ3n) is 6.05. The molecule has 10 nitrogen and oxygen atoms in total. The summed E-state index contributed by atoms with van der Waals surface area (Å²) in [6.07, 6.45) is 8.09. The molecule has 3 aromatic heterocycles. The second kappa shape index (κ2) is 10.3. The summed E-state index contributed by atoms with van der Waals surface area (Å²) in [7, 11) is 1.39. The summed E-state index contributed by atoms with van der Waals surface area (Å²) in [5.74, 6) is 0.0668. The Kier molecular flexibility index (Phi) is 6.65. The van der Waals surface area contributed by atoms with Crippen LogP contribution in [0.15, 0.2) is 67.4 Å². The van der Waals surface area contributed by atoms with Crippen molar-refractivity contribution < 1.29 is 9.53 Å². The van der Waals surface area contributed by atoms with Gasteiger partial charge in [-0.25, -0.2) is 19.7 Å². The number of esters is 1. The minimum absolute atomic E-state index is 0.314. The first-order chi connectivity index (χ1) is 17.6. The van der Waals surface area contributed by atoms with Gasteiger partial charge in [-0.15, -0.1) is 5.10 Å². The number of aromatic nitrogens is 7. The molecule has 2 N–H and O–H groups in total. The quantitative estimate of drug-likeness (QED) is 0.250. The Morgan fingerprint density at radius 1 is 0.972 bits per heavy atom. The van der Waals surface area contributed by atoms with E-state index < -0.39 is 0 Å². The molecule has 0 aliphatic heterocycles. The van der Waals surface area contributed by atoms with Crippen LogP contribution in [0.5, 0.6) is 0 Å². The molecule has 0 bridgehead atoms. The molecule has 0 amide bonds. The van der Waals surface area contributed by atoms with Gasteiger partial charge in [-0.3, -0.25) is 4.68 Å². The summed E-state index contributed by atoms with van der Waals surface area (Å²) in [4.78, 5) is 24.1. The maximum absolute atomic E-state index is 11.5. The molecular formula is C26H26N8O2. The van der Waals surface area contributed by atoms with Crippen LogP contribution < -0.4 is 5.73 Å². The van der Waals surface area contributed by atoms with Crippen molar-refractivity contribution in [3.8, 4) is 11.3 Å². The number of rotatable bonds is 9. The number of nitrogens with zero attached hydrogens (tertiary/aromatic N) is 7. The van der Waals surface area contributed by atoms with Gasteiger partial charge < -0.3 is 15.0 Å². The summed E-state index contributed by atoms with van der Waals surface area (Å²) in [5.41, 5.74) is 11.9.